The van der Waals surface area contributed by atoms with Crippen molar-refractivity contribution in [3.63, 3.8) is 0 Å². The maximum Gasteiger partial charge on any atom is 0.234 e. The lowest BCUT2D eigenvalue weighted by Gasteiger charge is -2.37. The Labute approximate surface area is 201 Å². The number of fused-ring (bicyclic) bond motifs is 1. The van der Waals surface area contributed by atoms with E-state index in [1.807, 2.05) is 24.3 Å². The molecule has 0 aliphatic carbocycles. The van der Waals surface area contributed by atoms with Crippen LogP contribution in [0.4, 0.5) is 0 Å². The highest BCUT2D eigenvalue weighted by molar-refractivity contribution is 6.42. The van der Waals surface area contributed by atoms with Crippen molar-refractivity contribution in [3.05, 3.63) is 91.6 Å². The third-order valence-electron chi connectivity index (χ3n) is 5.48. The van der Waals surface area contributed by atoms with Crippen molar-refractivity contribution in [3.8, 4) is 0 Å². The zero-order chi connectivity index (χ0) is 22.0. The Balaban J connectivity index is 1.44. The highest BCUT2D eigenvalue weighted by atomic mass is 35.5. The largest absolute Gasteiger partial charge is 0.355 e. The summed E-state index contributed by atoms with van der Waals surface area (Å²) in [5.41, 5.74) is 3.09. The van der Waals surface area contributed by atoms with Gasteiger partial charge in [-0.1, -0.05) is 58.5 Å². The highest BCUT2D eigenvalue weighted by Crippen LogP contribution is 2.35. The maximum atomic E-state index is 12.7. The Morgan fingerprint density at radius 2 is 1.81 bits per heavy atom. The van der Waals surface area contributed by atoms with E-state index in [0.717, 1.165) is 29.9 Å². The molecule has 1 amide bonds. The molecular weight excluding hydrogens is 476 g/mol. The molecule has 1 aliphatic heterocycles. The van der Waals surface area contributed by atoms with Crippen LogP contribution in [0.1, 0.15) is 22.9 Å². The van der Waals surface area contributed by atoms with E-state index in [2.05, 4.69) is 27.0 Å². The number of halogens is 4. The minimum absolute atomic E-state index is 0.0323. The summed E-state index contributed by atoms with van der Waals surface area (Å²) < 4.78 is 2.21. The Morgan fingerprint density at radius 3 is 2.58 bits per heavy atom. The molecule has 2 heterocycles. The molecule has 0 bridgehead atoms. The van der Waals surface area contributed by atoms with Gasteiger partial charge in [-0.2, -0.15) is 0 Å². The maximum absolute atomic E-state index is 12.7. The van der Waals surface area contributed by atoms with E-state index in [-0.39, 0.29) is 18.5 Å². The van der Waals surface area contributed by atoms with Gasteiger partial charge in [0.1, 0.15) is 0 Å². The number of amides is 1. The Bertz CT molecular complexity index is 1100. The van der Waals surface area contributed by atoms with Crippen LogP contribution >= 0.6 is 46.4 Å². The van der Waals surface area contributed by atoms with Crippen molar-refractivity contribution < 1.29 is 4.79 Å². The van der Waals surface area contributed by atoms with Gasteiger partial charge in [0, 0.05) is 41.6 Å². The molecule has 1 aromatic heterocycles. The molecule has 162 valence electrons. The minimum Gasteiger partial charge on any atom is -0.355 e. The van der Waals surface area contributed by atoms with Gasteiger partial charge in [0.2, 0.25) is 5.91 Å². The number of hydrogen-bond donors (Lipinski definition) is 1. The zero-order valence-corrected chi connectivity index (χ0v) is 19.6. The topological polar surface area (TPSA) is 37.3 Å². The third-order valence-corrected chi connectivity index (χ3v) is 6.80. The van der Waals surface area contributed by atoms with Gasteiger partial charge < -0.3 is 9.88 Å². The van der Waals surface area contributed by atoms with Crippen molar-refractivity contribution >= 4 is 52.3 Å². The molecule has 4 nitrogen and oxygen atoms in total. The Kier molecular flexibility index (Phi) is 7.15. The summed E-state index contributed by atoms with van der Waals surface area (Å²) in [4.78, 5) is 14.9. The van der Waals surface area contributed by atoms with Crippen LogP contribution in [0.5, 0.6) is 0 Å². The van der Waals surface area contributed by atoms with Gasteiger partial charge >= 0.3 is 0 Å². The van der Waals surface area contributed by atoms with E-state index in [1.165, 1.54) is 0 Å². The average Bonchev–Trinajstić information content (AvgIpc) is 3.20. The molecule has 2 aromatic carbocycles. The zero-order valence-electron chi connectivity index (χ0n) is 16.6. The van der Waals surface area contributed by atoms with E-state index >= 15 is 0 Å². The van der Waals surface area contributed by atoms with Crippen molar-refractivity contribution in [2.75, 3.05) is 19.6 Å². The summed E-state index contributed by atoms with van der Waals surface area (Å²) in [5, 5.41) is 5.23. The standard InChI is InChI=1S/C23H21Cl4N3O/c24-17-5-3-15(19(26)13-17)7-8-28-22(31)14-30-11-10-29-9-1-2-21(29)23(30)16-4-6-18(25)20(27)12-16/h1-6,9,12-13,23H,7-8,10-11,14H2,(H,28,31). The van der Waals surface area contributed by atoms with Gasteiger partial charge in [-0.05, 0) is 53.9 Å². The SMILES string of the molecule is O=C(CN1CCn2cccc2C1c1ccc(Cl)c(Cl)c1)NCCc1ccc(Cl)cc1Cl. The molecule has 1 atom stereocenters. The first-order chi connectivity index (χ1) is 14.9. The van der Waals surface area contributed by atoms with Crippen LogP contribution in [0.15, 0.2) is 54.7 Å². The number of rotatable bonds is 6. The first-order valence-electron chi connectivity index (χ1n) is 9.97. The first kappa shape index (κ1) is 22.5. The average molecular weight is 497 g/mol. The molecule has 3 aromatic rings. The number of hydrogen-bond acceptors (Lipinski definition) is 2. The van der Waals surface area contributed by atoms with Gasteiger partial charge in [-0.25, -0.2) is 0 Å². The number of carbonyl (C=O) groups excluding carboxylic acids is 1. The molecule has 1 unspecified atom stereocenters. The van der Waals surface area contributed by atoms with Crippen LogP contribution in [-0.4, -0.2) is 35.0 Å². The number of carbonyl (C=O) groups is 1. The predicted octanol–water partition coefficient (Wildman–Crippen LogP) is 5.87. The second-order valence-electron chi connectivity index (χ2n) is 7.51. The second kappa shape index (κ2) is 9.85. The predicted molar refractivity (Wildman–Crippen MR) is 127 cm³/mol. The smallest absolute Gasteiger partial charge is 0.234 e. The number of nitrogens with one attached hydrogen (secondary N) is 1. The van der Waals surface area contributed by atoms with Crippen LogP contribution in [0.25, 0.3) is 0 Å². The molecule has 0 radical (unpaired) electrons. The van der Waals surface area contributed by atoms with Gasteiger partial charge in [0.05, 0.1) is 22.6 Å². The van der Waals surface area contributed by atoms with Crippen molar-refractivity contribution in [2.24, 2.45) is 0 Å². The van der Waals surface area contributed by atoms with E-state index in [9.17, 15) is 4.79 Å². The fraction of sp³-hybridized carbons (Fsp3) is 0.261. The van der Waals surface area contributed by atoms with Crippen molar-refractivity contribution in [1.82, 2.24) is 14.8 Å². The number of benzene rings is 2. The molecule has 4 rings (SSSR count). The van der Waals surface area contributed by atoms with Crippen molar-refractivity contribution in [2.45, 2.75) is 19.0 Å². The summed E-state index contributed by atoms with van der Waals surface area (Å²) in [6, 6.07) is 15.1. The monoisotopic (exact) mass is 495 g/mol. The summed E-state index contributed by atoms with van der Waals surface area (Å²) in [6.45, 7) is 2.36. The van der Waals surface area contributed by atoms with Gasteiger partial charge in [-0.3, -0.25) is 9.69 Å². The highest BCUT2D eigenvalue weighted by Gasteiger charge is 2.30. The molecule has 0 spiro atoms. The molecular formula is C23H21Cl4N3O. The normalized spacial score (nSPS) is 16.2. The fourth-order valence-corrected chi connectivity index (χ4v) is 4.78. The quantitative estimate of drug-likeness (QED) is 0.463. The lowest BCUT2D eigenvalue weighted by atomic mass is 10.00. The second-order valence-corrected chi connectivity index (χ2v) is 9.17. The lowest BCUT2D eigenvalue weighted by Crippen LogP contribution is -2.44. The molecule has 1 aliphatic rings. The minimum atomic E-state index is -0.0741. The van der Waals surface area contributed by atoms with E-state index < -0.39 is 0 Å². The Hall–Kier alpha value is -1.69. The van der Waals surface area contributed by atoms with Gasteiger partial charge in [-0.15, -0.1) is 0 Å². The van der Waals surface area contributed by atoms with E-state index in [4.69, 9.17) is 46.4 Å². The molecule has 8 heteroatoms. The summed E-state index contributed by atoms with van der Waals surface area (Å²) in [6.07, 6.45) is 2.70. The molecule has 0 saturated carbocycles. The fourth-order valence-electron chi connectivity index (χ4n) is 3.97. The number of nitrogens with zero attached hydrogens (tertiary/aromatic N) is 2. The summed E-state index contributed by atoms with van der Waals surface area (Å²) in [7, 11) is 0. The molecule has 1 N–H and O–H groups in total. The van der Waals surface area contributed by atoms with Gasteiger partial charge in [0.25, 0.3) is 0 Å². The van der Waals surface area contributed by atoms with Crippen LogP contribution in [0.3, 0.4) is 0 Å². The number of aromatic nitrogens is 1. The van der Waals surface area contributed by atoms with Crippen LogP contribution in [0.2, 0.25) is 20.1 Å². The first-order valence-corrected chi connectivity index (χ1v) is 11.5. The lowest BCUT2D eigenvalue weighted by molar-refractivity contribution is -0.122. The van der Waals surface area contributed by atoms with Crippen molar-refractivity contribution in [1.29, 1.82) is 0 Å². The molecule has 0 fully saturated rings. The summed E-state index contributed by atoms with van der Waals surface area (Å²) in [5.74, 6) is -0.0323. The van der Waals surface area contributed by atoms with E-state index in [0.29, 0.717) is 33.1 Å². The van der Waals surface area contributed by atoms with E-state index in [1.54, 1.807) is 18.2 Å². The molecule has 31 heavy (non-hydrogen) atoms. The third kappa shape index (κ3) is 5.21. The van der Waals surface area contributed by atoms with Crippen LogP contribution < -0.4 is 5.32 Å². The van der Waals surface area contributed by atoms with Gasteiger partial charge in [0.15, 0.2) is 0 Å². The summed E-state index contributed by atoms with van der Waals surface area (Å²) >= 11 is 24.6. The molecule has 0 saturated heterocycles. The van der Waals surface area contributed by atoms with Crippen LogP contribution in [0, 0.1) is 0 Å². The Morgan fingerprint density at radius 1 is 0.968 bits per heavy atom. The van der Waals surface area contributed by atoms with Crippen LogP contribution in [-0.2, 0) is 17.8 Å².